The van der Waals surface area contributed by atoms with Gasteiger partial charge in [0.1, 0.15) is 0 Å². The predicted molar refractivity (Wildman–Crippen MR) is 120 cm³/mol. The van der Waals surface area contributed by atoms with Crippen molar-refractivity contribution in [3.05, 3.63) is 35.5 Å². The zero-order valence-corrected chi connectivity index (χ0v) is 19.6. The Morgan fingerprint density at radius 3 is 2.27 bits per heavy atom. The van der Waals surface area contributed by atoms with Crippen LogP contribution < -0.4 is 0 Å². The monoisotopic (exact) mass is 416 g/mol. The first kappa shape index (κ1) is 23.9. The number of likely N-dealkylation sites (N-methyl/N-ethyl adjacent to an activating group) is 1. The van der Waals surface area contributed by atoms with Crippen LogP contribution in [0.4, 0.5) is 4.79 Å². The Balaban J connectivity index is 2.28. The molecule has 2 atom stereocenters. The zero-order chi connectivity index (χ0) is 22.6. The van der Waals surface area contributed by atoms with E-state index in [2.05, 4.69) is 11.0 Å². The number of nitrogens with zero attached hydrogens (tertiary/aromatic N) is 2. The molecule has 0 saturated carbocycles. The van der Waals surface area contributed by atoms with Gasteiger partial charge in [0.2, 0.25) is 0 Å². The van der Waals surface area contributed by atoms with E-state index in [0.717, 1.165) is 35.0 Å². The fourth-order valence-corrected chi connectivity index (χ4v) is 3.05. The van der Waals surface area contributed by atoms with Gasteiger partial charge in [0.05, 0.1) is 11.4 Å². The summed E-state index contributed by atoms with van der Waals surface area (Å²) in [4.78, 5) is 27.5. The number of ether oxygens (including phenoxy) is 2. The first-order chi connectivity index (χ1) is 14.0. The van der Waals surface area contributed by atoms with E-state index < -0.39 is 12.4 Å². The molecule has 0 bridgehead atoms. The maximum Gasteiger partial charge on any atom is 0.421 e. The number of carbonyl (C=O) groups excluding carboxylic acids is 2. The van der Waals surface area contributed by atoms with E-state index in [9.17, 15) is 9.59 Å². The van der Waals surface area contributed by atoms with Gasteiger partial charge in [-0.2, -0.15) is 0 Å². The number of esters is 1. The normalized spacial score (nSPS) is 13.8. The molecule has 1 aromatic carbocycles. The van der Waals surface area contributed by atoms with Crippen molar-refractivity contribution in [3.63, 3.8) is 0 Å². The molecular weight excluding hydrogens is 380 g/mol. The van der Waals surface area contributed by atoms with Gasteiger partial charge in [0.15, 0.2) is 0 Å². The van der Waals surface area contributed by atoms with Gasteiger partial charge in [-0.25, -0.2) is 4.79 Å². The number of aryl methyl sites for hydroxylation is 1. The van der Waals surface area contributed by atoms with Crippen molar-refractivity contribution in [2.24, 2.45) is 17.8 Å². The van der Waals surface area contributed by atoms with Gasteiger partial charge in [-0.15, -0.1) is 0 Å². The Hall–Kier alpha value is -2.34. The molecule has 0 N–H and O–H groups in total. The Morgan fingerprint density at radius 2 is 1.70 bits per heavy atom. The molecule has 0 radical (unpaired) electrons. The molecule has 0 aliphatic heterocycles. The fourth-order valence-electron chi connectivity index (χ4n) is 3.05. The maximum atomic E-state index is 13.0. The number of fused-ring (bicyclic) bond motifs is 1. The van der Waals surface area contributed by atoms with Gasteiger partial charge in [-0.05, 0) is 51.1 Å². The standard InChI is InChI=1S/C24H36N2O4/c1-15(2)18(6)22(27)29-23(16(3)4)30-24(28)26-14-19(11-12-25(7)8)20-13-17(5)9-10-21(20)26/h9-10,13-16,18,23H,11-12H2,1-8H3/t18-,23?/m0/s1. The average molecular weight is 417 g/mol. The van der Waals surface area contributed by atoms with Crippen LogP contribution in [-0.2, 0) is 20.7 Å². The minimum absolute atomic E-state index is 0.150. The van der Waals surface area contributed by atoms with Gasteiger partial charge in [-0.3, -0.25) is 9.36 Å². The van der Waals surface area contributed by atoms with E-state index in [1.807, 2.05) is 74.0 Å². The van der Waals surface area contributed by atoms with E-state index in [-0.39, 0.29) is 23.7 Å². The van der Waals surface area contributed by atoms with Crippen LogP contribution in [0.15, 0.2) is 24.4 Å². The molecule has 0 amide bonds. The van der Waals surface area contributed by atoms with Crippen molar-refractivity contribution in [3.8, 4) is 0 Å². The topological polar surface area (TPSA) is 60.8 Å². The molecule has 0 saturated heterocycles. The van der Waals surface area contributed by atoms with Gasteiger partial charge in [0.25, 0.3) is 6.29 Å². The third-order valence-electron chi connectivity index (χ3n) is 5.43. The summed E-state index contributed by atoms with van der Waals surface area (Å²) < 4.78 is 12.7. The quantitative estimate of drug-likeness (QED) is 0.454. The van der Waals surface area contributed by atoms with E-state index in [4.69, 9.17) is 9.47 Å². The number of rotatable bonds is 8. The summed E-state index contributed by atoms with van der Waals surface area (Å²) in [6.45, 7) is 12.4. The van der Waals surface area contributed by atoms with Crippen molar-refractivity contribution in [2.75, 3.05) is 20.6 Å². The van der Waals surface area contributed by atoms with Crippen LogP contribution >= 0.6 is 0 Å². The SMILES string of the molecule is Cc1ccc2c(c1)c(CCN(C)C)cn2C(=O)OC(OC(=O)[C@@H](C)C(C)C)C(C)C. The summed E-state index contributed by atoms with van der Waals surface area (Å²) in [7, 11) is 4.05. The second-order valence-electron chi connectivity index (χ2n) is 9.06. The molecule has 2 rings (SSSR count). The highest BCUT2D eigenvalue weighted by atomic mass is 16.7. The van der Waals surface area contributed by atoms with Gasteiger partial charge >= 0.3 is 12.1 Å². The van der Waals surface area contributed by atoms with Crippen LogP contribution in [0.2, 0.25) is 0 Å². The van der Waals surface area contributed by atoms with Crippen molar-refractivity contribution in [1.82, 2.24) is 9.47 Å². The Morgan fingerprint density at radius 1 is 1.03 bits per heavy atom. The second-order valence-corrected chi connectivity index (χ2v) is 9.06. The molecule has 1 heterocycles. The van der Waals surface area contributed by atoms with Crippen LogP contribution in [0.25, 0.3) is 10.9 Å². The highest BCUT2D eigenvalue weighted by molar-refractivity contribution is 5.92. The van der Waals surface area contributed by atoms with Crippen LogP contribution in [0, 0.1) is 24.7 Å². The average Bonchev–Trinajstić information content (AvgIpc) is 3.02. The lowest BCUT2D eigenvalue weighted by molar-refractivity contribution is -0.180. The van der Waals surface area contributed by atoms with Crippen LogP contribution in [-0.4, -0.2) is 48.5 Å². The largest absolute Gasteiger partial charge is 0.425 e. The van der Waals surface area contributed by atoms with Crippen molar-refractivity contribution in [1.29, 1.82) is 0 Å². The molecule has 1 aromatic heterocycles. The summed E-state index contributed by atoms with van der Waals surface area (Å²) in [5.41, 5.74) is 3.02. The van der Waals surface area contributed by atoms with Crippen LogP contribution in [0.5, 0.6) is 0 Å². The number of hydrogen-bond acceptors (Lipinski definition) is 5. The highest BCUT2D eigenvalue weighted by Crippen LogP contribution is 2.25. The molecule has 2 aromatic rings. The fraction of sp³-hybridized carbons (Fsp3) is 0.583. The summed E-state index contributed by atoms with van der Waals surface area (Å²) >= 11 is 0. The first-order valence-corrected chi connectivity index (χ1v) is 10.7. The van der Waals surface area contributed by atoms with Crippen LogP contribution in [0.3, 0.4) is 0 Å². The minimum atomic E-state index is -0.931. The van der Waals surface area contributed by atoms with Crippen LogP contribution in [0.1, 0.15) is 45.7 Å². The smallest absolute Gasteiger partial charge is 0.421 e. The lowest BCUT2D eigenvalue weighted by atomic mass is 9.98. The molecule has 0 spiro atoms. The molecule has 6 heteroatoms. The molecular formula is C24H36N2O4. The Labute approximate surface area is 180 Å². The highest BCUT2D eigenvalue weighted by Gasteiger charge is 2.28. The molecule has 30 heavy (non-hydrogen) atoms. The predicted octanol–water partition coefficient (Wildman–Crippen LogP) is 4.86. The van der Waals surface area contributed by atoms with E-state index in [1.165, 1.54) is 4.57 Å². The number of benzene rings is 1. The number of hydrogen-bond donors (Lipinski definition) is 0. The minimum Gasteiger partial charge on any atom is -0.425 e. The van der Waals surface area contributed by atoms with Crippen molar-refractivity contribution < 1.29 is 19.1 Å². The molecule has 0 aliphatic rings. The number of aromatic nitrogens is 1. The third kappa shape index (κ3) is 5.85. The van der Waals surface area contributed by atoms with Crippen molar-refractivity contribution in [2.45, 2.75) is 54.3 Å². The summed E-state index contributed by atoms with van der Waals surface area (Å²) in [6, 6.07) is 6.00. The third-order valence-corrected chi connectivity index (χ3v) is 5.43. The lowest BCUT2D eigenvalue weighted by Crippen LogP contribution is -2.33. The molecule has 0 fully saturated rings. The summed E-state index contributed by atoms with van der Waals surface area (Å²) in [5, 5.41) is 1.04. The van der Waals surface area contributed by atoms with Crippen molar-refractivity contribution >= 4 is 23.0 Å². The Bertz CT molecular complexity index is 883. The van der Waals surface area contributed by atoms with E-state index in [1.54, 1.807) is 0 Å². The van der Waals surface area contributed by atoms with Gasteiger partial charge < -0.3 is 14.4 Å². The van der Waals surface area contributed by atoms with E-state index >= 15 is 0 Å². The molecule has 1 unspecified atom stereocenters. The zero-order valence-electron chi connectivity index (χ0n) is 19.6. The summed E-state index contributed by atoms with van der Waals surface area (Å²) in [6.07, 6.45) is 1.19. The molecule has 0 aliphatic carbocycles. The Kier molecular flexibility index (Phi) is 8.07. The molecule has 166 valence electrons. The van der Waals surface area contributed by atoms with Gasteiger partial charge in [-0.1, -0.05) is 46.2 Å². The molecule has 6 nitrogen and oxygen atoms in total. The second kappa shape index (κ2) is 10.1. The van der Waals surface area contributed by atoms with Gasteiger partial charge in [0, 0.05) is 24.0 Å². The lowest BCUT2D eigenvalue weighted by Gasteiger charge is -2.24. The number of carbonyl (C=O) groups is 2. The summed E-state index contributed by atoms with van der Waals surface area (Å²) in [5.74, 6) is -0.624. The maximum absolute atomic E-state index is 13.0. The first-order valence-electron chi connectivity index (χ1n) is 10.7. The van der Waals surface area contributed by atoms with E-state index in [0.29, 0.717) is 0 Å².